The van der Waals surface area contributed by atoms with Gasteiger partial charge in [0.2, 0.25) is 0 Å². The van der Waals surface area contributed by atoms with Crippen molar-refractivity contribution in [2.45, 2.75) is 26.7 Å². The third-order valence-electron chi connectivity index (χ3n) is 0.691. The fourth-order valence-electron chi connectivity index (χ4n) is 0.333. The highest BCUT2D eigenvalue weighted by Gasteiger charge is 1.64. The summed E-state index contributed by atoms with van der Waals surface area (Å²) in [6, 6.07) is 0. The molecule has 0 amide bonds. The third-order valence-corrected chi connectivity index (χ3v) is 0.691. The van der Waals surface area contributed by atoms with E-state index in [2.05, 4.69) is 26.0 Å². The average molecular weight is 101 g/mol. The van der Waals surface area contributed by atoms with Crippen molar-refractivity contribution in [1.82, 2.24) is 6.15 Å². The van der Waals surface area contributed by atoms with Crippen LogP contribution in [0.1, 0.15) is 26.7 Å². The second-order valence-electron chi connectivity index (χ2n) is 1.36. The van der Waals surface area contributed by atoms with Crippen LogP contribution in [-0.2, 0) is 0 Å². The van der Waals surface area contributed by atoms with Gasteiger partial charge in [0.05, 0.1) is 0 Å². The van der Waals surface area contributed by atoms with Crippen molar-refractivity contribution in [1.29, 1.82) is 0 Å². The van der Waals surface area contributed by atoms with Crippen LogP contribution in [0.25, 0.3) is 0 Å². The molecule has 0 radical (unpaired) electrons. The second-order valence-corrected chi connectivity index (χ2v) is 1.36. The minimum Gasteiger partial charge on any atom is -0.344 e. The molecule has 0 rings (SSSR count). The zero-order valence-corrected chi connectivity index (χ0v) is 5.28. The van der Waals surface area contributed by atoms with Gasteiger partial charge < -0.3 is 6.15 Å². The maximum Gasteiger partial charge on any atom is -0.0353 e. The zero-order valence-electron chi connectivity index (χ0n) is 5.28. The van der Waals surface area contributed by atoms with Gasteiger partial charge in [0, 0.05) is 0 Å². The SMILES string of the molecule is CC=CCCC.N. The second kappa shape index (κ2) is 9.20. The minimum absolute atomic E-state index is 0. The molecular weight excluding hydrogens is 86.1 g/mol. The molecule has 0 aliphatic rings. The molecule has 0 heterocycles. The van der Waals surface area contributed by atoms with E-state index in [9.17, 15) is 0 Å². The number of hydrogen-bond donors (Lipinski definition) is 1. The van der Waals surface area contributed by atoms with Crippen molar-refractivity contribution >= 4 is 0 Å². The van der Waals surface area contributed by atoms with Crippen LogP contribution in [0.4, 0.5) is 0 Å². The normalized spacial score (nSPS) is 8.86. The predicted molar refractivity (Wildman–Crippen MR) is 34.7 cm³/mol. The molecule has 0 aliphatic carbocycles. The van der Waals surface area contributed by atoms with Crippen LogP contribution in [0, 0.1) is 0 Å². The van der Waals surface area contributed by atoms with Crippen LogP contribution < -0.4 is 6.15 Å². The highest BCUT2D eigenvalue weighted by Crippen LogP contribution is 1.85. The van der Waals surface area contributed by atoms with Crippen molar-refractivity contribution in [3.05, 3.63) is 12.2 Å². The van der Waals surface area contributed by atoms with E-state index in [1.807, 2.05) is 0 Å². The van der Waals surface area contributed by atoms with Gasteiger partial charge in [-0.2, -0.15) is 0 Å². The molecule has 3 N–H and O–H groups in total. The molecule has 0 saturated heterocycles. The highest BCUT2D eigenvalue weighted by molar-refractivity contribution is 4.75. The first kappa shape index (κ1) is 9.85. The number of hydrogen-bond acceptors (Lipinski definition) is 1. The van der Waals surface area contributed by atoms with Crippen molar-refractivity contribution in [2.75, 3.05) is 0 Å². The summed E-state index contributed by atoms with van der Waals surface area (Å²) in [5, 5.41) is 0. The van der Waals surface area contributed by atoms with Crippen LogP contribution in [0.15, 0.2) is 12.2 Å². The predicted octanol–water partition coefficient (Wildman–Crippen LogP) is 2.52. The van der Waals surface area contributed by atoms with Crippen LogP contribution in [0.5, 0.6) is 0 Å². The van der Waals surface area contributed by atoms with Crippen LogP contribution in [0.3, 0.4) is 0 Å². The summed E-state index contributed by atoms with van der Waals surface area (Å²) in [6.07, 6.45) is 6.77. The fourth-order valence-corrected chi connectivity index (χ4v) is 0.333. The van der Waals surface area contributed by atoms with E-state index in [-0.39, 0.29) is 6.15 Å². The van der Waals surface area contributed by atoms with Gasteiger partial charge in [-0.1, -0.05) is 25.5 Å². The third kappa shape index (κ3) is 10.7. The highest BCUT2D eigenvalue weighted by atomic mass is 14.0. The molecule has 44 valence electrons. The molecule has 7 heavy (non-hydrogen) atoms. The number of rotatable bonds is 2. The van der Waals surface area contributed by atoms with Gasteiger partial charge in [0.25, 0.3) is 0 Å². The van der Waals surface area contributed by atoms with Crippen molar-refractivity contribution in [3.63, 3.8) is 0 Å². The first-order valence-electron chi connectivity index (χ1n) is 2.53. The summed E-state index contributed by atoms with van der Waals surface area (Å²) in [7, 11) is 0. The Morgan fingerprint density at radius 3 is 2.14 bits per heavy atom. The Morgan fingerprint density at radius 1 is 1.43 bits per heavy atom. The lowest BCUT2D eigenvalue weighted by atomic mass is 10.3. The lowest BCUT2D eigenvalue weighted by Gasteiger charge is -1.76. The lowest BCUT2D eigenvalue weighted by molar-refractivity contribution is 0.957. The molecular formula is C6H15N. The molecule has 0 fully saturated rings. The molecule has 0 bridgehead atoms. The van der Waals surface area contributed by atoms with E-state index in [1.165, 1.54) is 12.8 Å². The van der Waals surface area contributed by atoms with Crippen molar-refractivity contribution in [2.24, 2.45) is 0 Å². The quantitative estimate of drug-likeness (QED) is 0.533. The summed E-state index contributed by atoms with van der Waals surface area (Å²) in [5.74, 6) is 0. The Labute approximate surface area is 46.0 Å². The van der Waals surface area contributed by atoms with Crippen molar-refractivity contribution in [3.8, 4) is 0 Å². The van der Waals surface area contributed by atoms with Gasteiger partial charge in [-0.15, -0.1) is 0 Å². The topological polar surface area (TPSA) is 35.0 Å². The van der Waals surface area contributed by atoms with E-state index >= 15 is 0 Å². The van der Waals surface area contributed by atoms with E-state index in [0.29, 0.717) is 0 Å². The summed E-state index contributed by atoms with van der Waals surface area (Å²) in [5.41, 5.74) is 0. The number of unbranched alkanes of at least 4 members (excludes halogenated alkanes) is 1. The van der Waals surface area contributed by atoms with Crippen LogP contribution >= 0.6 is 0 Å². The molecule has 0 aliphatic heterocycles. The molecule has 0 atom stereocenters. The van der Waals surface area contributed by atoms with E-state index < -0.39 is 0 Å². The first-order chi connectivity index (χ1) is 2.91. The molecule has 1 heteroatoms. The Hall–Kier alpha value is -0.300. The minimum atomic E-state index is 0. The van der Waals surface area contributed by atoms with Gasteiger partial charge in [-0.3, -0.25) is 0 Å². The average Bonchev–Trinajstić information content (AvgIpc) is 1.61. The molecule has 0 aromatic carbocycles. The molecule has 0 unspecified atom stereocenters. The molecule has 0 spiro atoms. The summed E-state index contributed by atoms with van der Waals surface area (Å²) in [4.78, 5) is 0. The standard InChI is InChI=1S/C6H12.H3N/c1-3-5-6-4-2;/h3,5H,4,6H2,1-2H3;1H3. The number of allylic oxidation sites excluding steroid dienone is 2. The summed E-state index contributed by atoms with van der Waals surface area (Å²) >= 11 is 0. The fraction of sp³-hybridized carbons (Fsp3) is 0.667. The van der Waals surface area contributed by atoms with E-state index in [4.69, 9.17) is 0 Å². The monoisotopic (exact) mass is 101 g/mol. The maximum absolute atomic E-state index is 2.18. The Balaban J connectivity index is 0. The van der Waals surface area contributed by atoms with E-state index in [0.717, 1.165) is 0 Å². The smallest absolute Gasteiger partial charge is 0.0353 e. The molecule has 0 aromatic heterocycles. The lowest BCUT2D eigenvalue weighted by Crippen LogP contribution is -1.55. The van der Waals surface area contributed by atoms with Gasteiger partial charge in [0.1, 0.15) is 0 Å². The summed E-state index contributed by atoms with van der Waals surface area (Å²) < 4.78 is 0. The molecule has 0 saturated carbocycles. The van der Waals surface area contributed by atoms with Gasteiger partial charge in [-0.25, -0.2) is 0 Å². The molecule has 1 nitrogen and oxygen atoms in total. The Kier molecular flexibility index (Phi) is 12.9. The zero-order chi connectivity index (χ0) is 4.83. The maximum atomic E-state index is 2.18. The van der Waals surface area contributed by atoms with E-state index in [1.54, 1.807) is 0 Å². The Bertz CT molecular complexity index is 39.4. The van der Waals surface area contributed by atoms with Crippen LogP contribution in [0.2, 0.25) is 0 Å². The largest absolute Gasteiger partial charge is 0.344 e. The van der Waals surface area contributed by atoms with Crippen molar-refractivity contribution < 1.29 is 0 Å². The van der Waals surface area contributed by atoms with Gasteiger partial charge >= 0.3 is 0 Å². The first-order valence-corrected chi connectivity index (χ1v) is 2.53. The van der Waals surface area contributed by atoms with Gasteiger partial charge in [-0.05, 0) is 13.3 Å². The molecule has 0 aromatic rings. The summed E-state index contributed by atoms with van der Waals surface area (Å²) in [6.45, 7) is 4.23. The van der Waals surface area contributed by atoms with Crippen LogP contribution in [-0.4, -0.2) is 0 Å². The Morgan fingerprint density at radius 2 is 2.00 bits per heavy atom. The van der Waals surface area contributed by atoms with Gasteiger partial charge in [0.15, 0.2) is 0 Å².